The van der Waals surface area contributed by atoms with Crippen molar-refractivity contribution in [1.82, 2.24) is 10.1 Å². The second-order valence-corrected chi connectivity index (χ2v) is 4.99. The highest BCUT2D eigenvalue weighted by molar-refractivity contribution is 6.30. The van der Waals surface area contributed by atoms with E-state index in [2.05, 4.69) is 10.1 Å². The zero-order valence-electron chi connectivity index (χ0n) is 10.9. The number of hydrogen-bond acceptors (Lipinski definition) is 4. The Morgan fingerprint density at radius 1 is 1.14 bits per heavy atom. The highest BCUT2D eigenvalue weighted by atomic mass is 35.5. The first kappa shape index (κ1) is 13.6. The third-order valence-electron chi connectivity index (χ3n) is 2.99. The fraction of sp³-hybridized carbons (Fsp3) is 0.0667. The average Bonchev–Trinajstić information content (AvgIpc) is 2.93. The van der Waals surface area contributed by atoms with Crippen molar-refractivity contribution in [1.29, 1.82) is 0 Å². The standard InChI is InChI=1S/C15H11ClFN3O/c16-11-4-1-9(2-5-11)7-14-19-15(21-20-14)10-3-6-12(17)13(18)8-10/h1-6,8H,7,18H2. The van der Waals surface area contributed by atoms with Crippen LogP contribution in [-0.4, -0.2) is 10.1 Å². The Morgan fingerprint density at radius 2 is 1.90 bits per heavy atom. The molecule has 0 aliphatic heterocycles. The smallest absolute Gasteiger partial charge is 0.258 e. The fourth-order valence-corrected chi connectivity index (χ4v) is 2.03. The van der Waals surface area contributed by atoms with Gasteiger partial charge in [0.25, 0.3) is 5.89 Å². The fourth-order valence-electron chi connectivity index (χ4n) is 1.90. The van der Waals surface area contributed by atoms with Gasteiger partial charge in [0, 0.05) is 17.0 Å². The van der Waals surface area contributed by atoms with E-state index in [1.54, 1.807) is 18.2 Å². The van der Waals surface area contributed by atoms with Crippen molar-refractivity contribution in [2.45, 2.75) is 6.42 Å². The van der Waals surface area contributed by atoms with Crippen molar-refractivity contribution < 1.29 is 8.91 Å². The van der Waals surface area contributed by atoms with Gasteiger partial charge in [-0.25, -0.2) is 4.39 Å². The van der Waals surface area contributed by atoms with Gasteiger partial charge in [0.1, 0.15) is 5.82 Å². The number of rotatable bonds is 3. The van der Waals surface area contributed by atoms with E-state index in [1.807, 2.05) is 12.1 Å². The molecule has 0 amide bonds. The summed E-state index contributed by atoms with van der Waals surface area (Å²) in [6.45, 7) is 0. The number of nitrogens with two attached hydrogens (primary N) is 1. The lowest BCUT2D eigenvalue weighted by Crippen LogP contribution is -1.92. The van der Waals surface area contributed by atoms with Crippen LogP contribution in [-0.2, 0) is 6.42 Å². The molecule has 0 aliphatic rings. The highest BCUT2D eigenvalue weighted by Crippen LogP contribution is 2.22. The maximum atomic E-state index is 13.1. The third kappa shape index (κ3) is 3.03. The lowest BCUT2D eigenvalue weighted by Gasteiger charge is -1.98. The first-order valence-corrected chi connectivity index (χ1v) is 6.62. The number of nitrogens with zero attached hydrogens (tertiary/aromatic N) is 2. The van der Waals surface area contributed by atoms with Gasteiger partial charge in [-0.2, -0.15) is 4.98 Å². The molecule has 3 aromatic rings. The van der Waals surface area contributed by atoms with E-state index in [1.165, 1.54) is 12.1 Å². The Morgan fingerprint density at radius 3 is 2.62 bits per heavy atom. The molecule has 0 fully saturated rings. The molecule has 0 atom stereocenters. The van der Waals surface area contributed by atoms with Crippen molar-refractivity contribution in [3.8, 4) is 11.5 Å². The van der Waals surface area contributed by atoms with Crippen LogP contribution < -0.4 is 5.73 Å². The van der Waals surface area contributed by atoms with E-state index in [0.29, 0.717) is 28.7 Å². The van der Waals surface area contributed by atoms with Gasteiger partial charge < -0.3 is 10.3 Å². The minimum absolute atomic E-state index is 0.0463. The maximum Gasteiger partial charge on any atom is 0.258 e. The van der Waals surface area contributed by atoms with Gasteiger partial charge in [-0.05, 0) is 35.9 Å². The monoisotopic (exact) mass is 303 g/mol. The van der Waals surface area contributed by atoms with Gasteiger partial charge >= 0.3 is 0 Å². The summed E-state index contributed by atoms with van der Waals surface area (Å²) in [6, 6.07) is 11.7. The molecular weight excluding hydrogens is 293 g/mol. The summed E-state index contributed by atoms with van der Waals surface area (Å²) in [4.78, 5) is 4.28. The first-order chi connectivity index (χ1) is 10.1. The SMILES string of the molecule is Nc1cc(-c2nc(Cc3ccc(Cl)cc3)no2)ccc1F. The summed E-state index contributed by atoms with van der Waals surface area (Å²) in [5, 5.41) is 4.58. The Kier molecular flexibility index (Phi) is 3.58. The van der Waals surface area contributed by atoms with Crippen LogP contribution in [0.2, 0.25) is 5.02 Å². The van der Waals surface area contributed by atoms with Crippen LogP contribution in [0, 0.1) is 5.82 Å². The topological polar surface area (TPSA) is 64.9 Å². The molecule has 0 unspecified atom stereocenters. The first-order valence-electron chi connectivity index (χ1n) is 6.24. The van der Waals surface area contributed by atoms with E-state index in [0.717, 1.165) is 5.56 Å². The van der Waals surface area contributed by atoms with Crippen molar-refractivity contribution in [3.05, 3.63) is 64.7 Å². The summed E-state index contributed by atoms with van der Waals surface area (Å²) in [7, 11) is 0. The van der Waals surface area contributed by atoms with Crippen molar-refractivity contribution in [2.24, 2.45) is 0 Å². The van der Waals surface area contributed by atoms with Gasteiger partial charge in [0.15, 0.2) is 5.82 Å². The Balaban J connectivity index is 1.82. The molecule has 3 rings (SSSR count). The molecule has 2 aromatic carbocycles. The Hall–Kier alpha value is -2.40. The second kappa shape index (κ2) is 5.54. The van der Waals surface area contributed by atoms with Gasteiger partial charge in [-0.15, -0.1) is 0 Å². The lowest BCUT2D eigenvalue weighted by molar-refractivity contribution is 0.424. The van der Waals surface area contributed by atoms with E-state index in [9.17, 15) is 4.39 Å². The molecule has 0 radical (unpaired) electrons. The van der Waals surface area contributed by atoms with Gasteiger partial charge in [0.05, 0.1) is 5.69 Å². The maximum absolute atomic E-state index is 13.1. The van der Waals surface area contributed by atoms with E-state index < -0.39 is 5.82 Å². The molecule has 106 valence electrons. The molecule has 1 aromatic heterocycles. The van der Waals surface area contributed by atoms with Crippen LogP contribution in [0.3, 0.4) is 0 Å². The van der Waals surface area contributed by atoms with Gasteiger partial charge in [0.2, 0.25) is 0 Å². The van der Waals surface area contributed by atoms with Crippen molar-refractivity contribution >= 4 is 17.3 Å². The van der Waals surface area contributed by atoms with E-state index in [-0.39, 0.29) is 5.69 Å². The summed E-state index contributed by atoms with van der Waals surface area (Å²) in [6.07, 6.45) is 0.525. The number of benzene rings is 2. The van der Waals surface area contributed by atoms with Crippen molar-refractivity contribution in [3.63, 3.8) is 0 Å². The molecule has 1 heterocycles. The minimum atomic E-state index is -0.473. The van der Waals surface area contributed by atoms with Crippen LogP contribution in [0.25, 0.3) is 11.5 Å². The van der Waals surface area contributed by atoms with Crippen LogP contribution in [0.1, 0.15) is 11.4 Å². The minimum Gasteiger partial charge on any atom is -0.396 e. The number of nitrogen functional groups attached to an aromatic ring is 1. The quantitative estimate of drug-likeness (QED) is 0.749. The zero-order chi connectivity index (χ0) is 14.8. The summed E-state index contributed by atoms with van der Waals surface area (Å²) < 4.78 is 18.3. The van der Waals surface area contributed by atoms with Crippen LogP contribution in [0.4, 0.5) is 10.1 Å². The predicted molar refractivity (Wildman–Crippen MR) is 78.4 cm³/mol. The number of anilines is 1. The molecule has 21 heavy (non-hydrogen) atoms. The average molecular weight is 304 g/mol. The second-order valence-electron chi connectivity index (χ2n) is 4.56. The molecule has 0 bridgehead atoms. The molecule has 0 spiro atoms. The highest BCUT2D eigenvalue weighted by Gasteiger charge is 2.11. The number of aromatic nitrogens is 2. The predicted octanol–water partition coefficient (Wildman–Crippen LogP) is 3.70. The summed E-state index contributed by atoms with van der Waals surface area (Å²) >= 11 is 5.83. The lowest BCUT2D eigenvalue weighted by atomic mass is 10.1. The molecule has 0 saturated heterocycles. The Bertz CT molecular complexity index is 771. The third-order valence-corrected chi connectivity index (χ3v) is 3.24. The van der Waals surface area contributed by atoms with Crippen molar-refractivity contribution in [2.75, 3.05) is 5.73 Å². The Labute approximate surface area is 125 Å². The largest absolute Gasteiger partial charge is 0.396 e. The molecular formula is C15H11ClFN3O. The molecule has 6 heteroatoms. The summed E-state index contributed by atoms with van der Waals surface area (Å²) in [5.74, 6) is 0.375. The molecule has 2 N–H and O–H groups in total. The summed E-state index contributed by atoms with van der Waals surface area (Å²) in [5.41, 5.74) is 7.18. The number of halogens is 2. The molecule has 4 nitrogen and oxygen atoms in total. The zero-order valence-corrected chi connectivity index (χ0v) is 11.6. The van der Waals surface area contributed by atoms with E-state index in [4.69, 9.17) is 21.9 Å². The van der Waals surface area contributed by atoms with Crippen LogP contribution in [0.15, 0.2) is 47.0 Å². The van der Waals surface area contributed by atoms with Crippen LogP contribution in [0.5, 0.6) is 0 Å². The van der Waals surface area contributed by atoms with Gasteiger partial charge in [-0.1, -0.05) is 28.9 Å². The van der Waals surface area contributed by atoms with Crippen LogP contribution >= 0.6 is 11.6 Å². The normalized spacial score (nSPS) is 10.8. The molecule has 0 aliphatic carbocycles. The number of hydrogen-bond donors (Lipinski definition) is 1. The molecule has 0 saturated carbocycles. The van der Waals surface area contributed by atoms with Gasteiger partial charge in [-0.3, -0.25) is 0 Å². The van der Waals surface area contributed by atoms with E-state index >= 15 is 0 Å².